The third-order valence-electron chi connectivity index (χ3n) is 3.13. The van der Waals surface area contributed by atoms with E-state index in [0.29, 0.717) is 18.9 Å². The molecule has 0 atom stereocenters. The van der Waals surface area contributed by atoms with Gasteiger partial charge in [0.15, 0.2) is 11.0 Å². The SMILES string of the molecule is O=C(O)c1cc(N2Cc3ccccc3C2)nnc1Cl. The van der Waals surface area contributed by atoms with E-state index in [2.05, 4.69) is 22.3 Å². The van der Waals surface area contributed by atoms with Crippen molar-refractivity contribution in [2.24, 2.45) is 0 Å². The molecule has 1 aromatic carbocycles. The zero-order valence-corrected chi connectivity index (χ0v) is 10.6. The van der Waals surface area contributed by atoms with Gasteiger partial charge >= 0.3 is 5.97 Å². The summed E-state index contributed by atoms with van der Waals surface area (Å²) in [6.45, 7) is 1.40. The Morgan fingerprint density at radius 1 is 1.21 bits per heavy atom. The molecule has 1 aromatic heterocycles. The first-order chi connectivity index (χ1) is 9.15. The van der Waals surface area contributed by atoms with Crippen LogP contribution in [0.2, 0.25) is 5.15 Å². The van der Waals surface area contributed by atoms with Gasteiger partial charge in [-0.15, -0.1) is 10.2 Å². The van der Waals surface area contributed by atoms with Crippen LogP contribution in [0.4, 0.5) is 5.82 Å². The van der Waals surface area contributed by atoms with Gasteiger partial charge in [0.05, 0.1) is 0 Å². The van der Waals surface area contributed by atoms with Crippen LogP contribution in [0.3, 0.4) is 0 Å². The minimum Gasteiger partial charge on any atom is -0.478 e. The number of benzene rings is 1. The average molecular weight is 276 g/mol. The van der Waals surface area contributed by atoms with Crippen LogP contribution >= 0.6 is 11.6 Å². The van der Waals surface area contributed by atoms with Crippen LogP contribution in [0.15, 0.2) is 30.3 Å². The zero-order chi connectivity index (χ0) is 13.4. The molecule has 19 heavy (non-hydrogen) atoms. The fraction of sp³-hybridized carbons (Fsp3) is 0.154. The summed E-state index contributed by atoms with van der Waals surface area (Å²) in [5, 5.41) is 16.6. The first kappa shape index (κ1) is 11.9. The smallest absolute Gasteiger partial charge is 0.339 e. The van der Waals surface area contributed by atoms with Gasteiger partial charge in [-0.2, -0.15) is 0 Å². The highest BCUT2D eigenvalue weighted by atomic mass is 35.5. The minimum atomic E-state index is -1.10. The van der Waals surface area contributed by atoms with E-state index in [1.54, 1.807) is 0 Å². The van der Waals surface area contributed by atoms with E-state index < -0.39 is 5.97 Å². The highest BCUT2D eigenvalue weighted by Gasteiger charge is 2.22. The molecule has 1 aliphatic rings. The first-order valence-corrected chi connectivity index (χ1v) is 6.11. The molecular formula is C13H10ClN3O2. The lowest BCUT2D eigenvalue weighted by Crippen LogP contribution is -2.17. The third kappa shape index (κ3) is 2.13. The molecule has 0 radical (unpaired) electrons. The van der Waals surface area contributed by atoms with E-state index in [0.717, 1.165) is 0 Å². The van der Waals surface area contributed by atoms with E-state index in [9.17, 15) is 4.79 Å². The standard InChI is InChI=1S/C13H10ClN3O2/c14-12-10(13(18)19)5-11(15-16-12)17-6-8-3-1-2-4-9(8)7-17/h1-5H,6-7H2,(H,18,19). The Morgan fingerprint density at radius 3 is 2.42 bits per heavy atom. The lowest BCUT2D eigenvalue weighted by atomic mass is 10.1. The molecule has 0 spiro atoms. The molecule has 0 unspecified atom stereocenters. The molecule has 1 aliphatic heterocycles. The summed E-state index contributed by atoms with van der Waals surface area (Å²) < 4.78 is 0. The topological polar surface area (TPSA) is 66.3 Å². The molecule has 1 N–H and O–H groups in total. The summed E-state index contributed by atoms with van der Waals surface area (Å²) in [6.07, 6.45) is 0. The molecular weight excluding hydrogens is 266 g/mol. The molecule has 0 saturated heterocycles. The molecule has 96 valence electrons. The van der Waals surface area contributed by atoms with Crippen molar-refractivity contribution in [2.45, 2.75) is 13.1 Å². The maximum Gasteiger partial charge on any atom is 0.339 e. The fourth-order valence-corrected chi connectivity index (χ4v) is 2.34. The van der Waals surface area contributed by atoms with Gasteiger partial charge in [-0.05, 0) is 11.1 Å². The lowest BCUT2D eigenvalue weighted by Gasteiger charge is -2.16. The zero-order valence-electron chi connectivity index (χ0n) is 9.88. The van der Waals surface area contributed by atoms with Gasteiger partial charge in [0.2, 0.25) is 0 Å². The average Bonchev–Trinajstić information content (AvgIpc) is 2.82. The number of anilines is 1. The van der Waals surface area contributed by atoms with Crippen LogP contribution < -0.4 is 4.90 Å². The number of aromatic carboxylic acids is 1. The predicted octanol–water partition coefficient (Wildman–Crippen LogP) is 2.35. The second-order valence-corrected chi connectivity index (χ2v) is 4.69. The number of carbonyl (C=O) groups is 1. The van der Waals surface area contributed by atoms with Crippen molar-refractivity contribution in [3.63, 3.8) is 0 Å². The Kier molecular flexibility index (Phi) is 2.83. The van der Waals surface area contributed by atoms with Crippen LogP contribution in [-0.4, -0.2) is 21.3 Å². The van der Waals surface area contributed by atoms with Crippen LogP contribution in [0.5, 0.6) is 0 Å². The van der Waals surface area contributed by atoms with Crippen LogP contribution in [0.25, 0.3) is 0 Å². The Labute approximate surface area is 114 Å². The van der Waals surface area contributed by atoms with Gasteiger partial charge in [0, 0.05) is 19.2 Å². The summed E-state index contributed by atoms with van der Waals surface area (Å²) >= 11 is 5.71. The van der Waals surface area contributed by atoms with Crippen LogP contribution in [0.1, 0.15) is 21.5 Å². The van der Waals surface area contributed by atoms with Crippen LogP contribution in [0, 0.1) is 0 Å². The van der Waals surface area contributed by atoms with Crippen molar-refractivity contribution in [1.29, 1.82) is 0 Å². The number of fused-ring (bicyclic) bond motifs is 1. The van der Waals surface area contributed by atoms with Crippen molar-refractivity contribution in [3.8, 4) is 0 Å². The van der Waals surface area contributed by atoms with Crippen LogP contribution in [-0.2, 0) is 13.1 Å². The van der Waals surface area contributed by atoms with Gasteiger partial charge in [0.25, 0.3) is 0 Å². The number of nitrogens with zero attached hydrogens (tertiary/aromatic N) is 3. The quantitative estimate of drug-likeness (QED) is 0.911. The largest absolute Gasteiger partial charge is 0.478 e. The van der Waals surface area contributed by atoms with Crippen molar-refractivity contribution in [1.82, 2.24) is 10.2 Å². The Hall–Kier alpha value is -2.14. The van der Waals surface area contributed by atoms with Crippen molar-refractivity contribution < 1.29 is 9.90 Å². The molecule has 0 aliphatic carbocycles. The first-order valence-electron chi connectivity index (χ1n) is 5.73. The number of hydrogen-bond donors (Lipinski definition) is 1. The van der Waals surface area contributed by atoms with Crippen molar-refractivity contribution >= 4 is 23.4 Å². The second kappa shape index (κ2) is 4.51. The van der Waals surface area contributed by atoms with E-state index in [1.165, 1.54) is 17.2 Å². The van der Waals surface area contributed by atoms with Gasteiger partial charge in [-0.3, -0.25) is 0 Å². The Morgan fingerprint density at radius 2 is 1.84 bits per heavy atom. The molecule has 0 amide bonds. The summed E-state index contributed by atoms with van der Waals surface area (Å²) in [6, 6.07) is 9.54. The molecule has 0 bridgehead atoms. The van der Waals surface area contributed by atoms with Gasteiger partial charge < -0.3 is 10.0 Å². The van der Waals surface area contributed by atoms with Gasteiger partial charge in [-0.1, -0.05) is 35.9 Å². The number of aromatic nitrogens is 2. The van der Waals surface area contributed by atoms with E-state index in [-0.39, 0.29) is 10.7 Å². The second-order valence-electron chi connectivity index (χ2n) is 4.34. The normalized spacial score (nSPS) is 13.4. The number of rotatable bonds is 2. The molecule has 0 fully saturated rings. The maximum absolute atomic E-state index is 11.0. The summed E-state index contributed by atoms with van der Waals surface area (Å²) in [7, 11) is 0. The van der Waals surface area contributed by atoms with E-state index in [1.807, 2.05) is 17.0 Å². The maximum atomic E-state index is 11.0. The Bertz CT molecular complexity index is 635. The summed E-state index contributed by atoms with van der Waals surface area (Å²) in [5.74, 6) is -0.573. The lowest BCUT2D eigenvalue weighted by molar-refractivity contribution is 0.0696. The number of carboxylic acids is 1. The molecule has 2 heterocycles. The summed E-state index contributed by atoms with van der Waals surface area (Å²) in [4.78, 5) is 13.0. The molecule has 2 aromatic rings. The van der Waals surface area contributed by atoms with Gasteiger partial charge in [0.1, 0.15) is 5.56 Å². The molecule has 6 heteroatoms. The van der Waals surface area contributed by atoms with Gasteiger partial charge in [-0.25, -0.2) is 4.79 Å². The highest BCUT2D eigenvalue weighted by molar-refractivity contribution is 6.32. The summed E-state index contributed by atoms with van der Waals surface area (Å²) in [5.41, 5.74) is 2.41. The number of halogens is 1. The van der Waals surface area contributed by atoms with E-state index >= 15 is 0 Å². The molecule has 0 saturated carbocycles. The highest BCUT2D eigenvalue weighted by Crippen LogP contribution is 2.27. The fourth-order valence-electron chi connectivity index (χ4n) is 2.17. The third-order valence-corrected chi connectivity index (χ3v) is 3.41. The number of carboxylic acid groups (broad SMARTS) is 1. The number of hydrogen-bond acceptors (Lipinski definition) is 4. The molecule has 5 nitrogen and oxygen atoms in total. The predicted molar refractivity (Wildman–Crippen MR) is 70.3 cm³/mol. The molecule has 3 rings (SSSR count). The minimum absolute atomic E-state index is 0.0253. The van der Waals surface area contributed by atoms with Crippen molar-refractivity contribution in [3.05, 3.63) is 52.2 Å². The van der Waals surface area contributed by atoms with E-state index in [4.69, 9.17) is 16.7 Å². The Balaban J connectivity index is 1.93. The van der Waals surface area contributed by atoms with Crippen molar-refractivity contribution in [2.75, 3.05) is 4.90 Å². The monoisotopic (exact) mass is 275 g/mol.